The zero-order chi connectivity index (χ0) is 12.3. The van der Waals surface area contributed by atoms with Crippen LogP contribution in [-0.4, -0.2) is 4.98 Å². The third kappa shape index (κ3) is 2.50. The standard InChI is InChI=1S/C14H15FN2/c1-2-10-5-3-6-11(9-10)13(16)14-12(15)7-4-8-17-14/h3-9,13H,2,16H2,1H3. The molecule has 0 aliphatic carbocycles. The summed E-state index contributed by atoms with van der Waals surface area (Å²) in [4.78, 5) is 4.01. The van der Waals surface area contributed by atoms with E-state index in [9.17, 15) is 4.39 Å². The van der Waals surface area contributed by atoms with Crippen molar-refractivity contribution in [1.82, 2.24) is 4.98 Å². The molecule has 0 bridgehead atoms. The van der Waals surface area contributed by atoms with Crippen molar-refractivity contribution in [2.45, 2.75) is 19.4 Å². The maximum atomic E-state index is 13.6. The lowest BCUT2D eigenvalue weighted by Gasteiger charge is -2.13. The van der Waals surface area contributed by atoms with Crippen LogP contribution in [0.2, 0.25) is 0 Å². The summed E-state index contributed by atoms with van der Waals surface area (Å²) in [5.74, 6) is -0.359. The highest BCUT2D eigenvalue weighted by Gasteiger charge is 2.14. The topological polar surface area (TPSA) is 38.9 Å². The maximum Gasteiger partial charge on any atom is 0.146 e. The van der Waals surface area contributed by atoms with Crippen molar-refractivity contribution in [2.24, 2.45) is 5.73 Å². The van der Waals surface area contributed by atoms with Crippen molar-refractivity contribution in [2.75, 3.05) is 0 Å². The predicted molar refractivity (Wildman–Crippen MR) is 66.0 cm³/mol. The molecular weight excluding hydrogens is 215 g/mol. The molecule has 17 heavy (non-hydrogen) atoms. The molecule has 2 rings (SSSR count). The molecule has 3 heteroatoms. The Balaban J connectivity index is 2.37. The zero-order valence-corrected chi connectivity index (χ0v) is 9.73. The van der Waals surface area contributed by atoms with Gasteiger partial charge in [-0.05, 0) is 29.7 Å². The molecule has 1 heterocycles. The molecule has 0 amide bonds. The minimum atomic E-state index is -0.511. The fraction of sp³-hybridized carbons (Fsp3) is 0.214. The smallest absolute Gasteiger partial charge is 0.146 e. The Labute approximate surface area is 100 Å². The zero-order valence-electron chi connectivity index (χ0n) is 9.73. The summed E-state index contributed by atoms with van der Waals surface area (Å²) in [5.41, 5.74) is 8.41. The van der Waals surface area contributed by atoms with Gasteiger partial charge in [-0.15, -0.1) is 0 Å². The van der Waals surface area contributed by atoms with Crippen molar-refractivity contribution in [1.29, 1.82) is 0 Å². The van der Waals surface area contributed by atoms with Gasteiger partial charge >= 0.3 is 0 Å². The van der Waals surface area contributed by atoms with Crippen LogP contribution in [0.1, 0.15) is 29.8 Å². The summed E-state index contributed by atoms with van der Waals surface area (Å²) in [6.07, 6.45) is 2.49. The lowest BCUT2D eigenvalue weighted by Crippen LogP contribution is -2.15. The van der Waals surface area contributed by atoms with Gasteiger partial charge in [-0.3, -0.25) is 4.98 Å². The van der Waals surface area contributed by atoms with Gasteiger partial charge in [-0.1, -0.05) is 31.2 Å². The quantitative estimate of drug-likeness (QED) is 0.880. The molecule has 0 saturated heterocycles. The van der Waals surface area contributed by atoms with Gasteiger partial charge in [-0.25, -0.2) is 4.39 Å². The molecule has 0 aliphatic heterocycles. The van der Waals surface area contributed by atoms with E-state index < -0.39 is 6.04 Å². The Kier molecular flexibility index (Phi) is 3.49. The molecule has 1 unspecified atom stereocenters. The van der Waals surface area contributed by atoms with Crippen molar-refractivity contribution < 1.29 is 4.39 Å². The number of rotatable bonds is 3. The van der Waals surface area contributed by atoms with E-state index in [0.29, 0.717) is 5.69 Å². The summed E-state index contributed by atoms with van der Waals surface area (Å²) >= 11 is 0. The molecule has 1 aromatic carbocycles. The number of benzene rings is 1. The van der Waals surface area contributed by atoms with Crippen LogP contribution in [0.5, 0.6) is 0 Å². The highest BCUT2D eigenvalue weighted by Crippen LogP contribution is 2.20. The average molecular weight is 230 g/mol. The maximum absolute atomic E-state index is 13.6. The van der Waals surface area contributed by atoms with E-state index in [0.717, 1.165) is 12.0 Å². The van der Waals surface area contributed by atoms with Gasteiger partial charge in [0, 0.05) is 6.20 Å². The normalized spacial score (nSPS) is 12.4. The molecule has 1 aromatic heterocycles. The van der Waals surface area contributed by atoms with Crippen LogP contribution >= 0.6 is 0 Å². The Morgan fingerprint density at radius 3 is 2.82 bits per heavy atom. The lowest BCUT2D eigenvalue weighted by atomic mass is 10.0. The minimum absolute atomic E-state index is 0.292. The second-order valence-electron chi connectivity index (χ2n) is 3.95. The van der Waals surface area contributed by atoms with Crippen LogP contribution < -0.4 is 5.73 Å². The second kappa shape index (κ2) is 5.06. The van der Waals surface area contributed by atoms with Crippen molar-refractivity contribution in [3.05, 3.63) is 65.2 Å². The summed E-state index contributed by atoms with van der Waals surface area (Å²) in [6, 6.07) is 10.3. The molecule has 2 aromatic rings. The lowest BCUT2D eigenvalue weighted by molar-refractivity contribution is 0.586. The molecule has 2 N–H and O–H groups in total. The van der Waals surface area contributed by atoms with E-state index in [1.54, 1.807) is 12.3 Å². The number of aromatic nitrogens is 1. The van der Waals surface area contributed by atoms with Crippen LogP contribution in [0.25, 0.3) is 0 Å². The Morgan fingerprint density at radius 2 is 2.12 bits per heavy atom. The second-order valence-corrected chi connectivity index (χ2v) is 3.95. The van der Waals surface area contributed by atoms with E-state index in [4.69, 9.17) is 5.73 Å². The van der Waals surface area contributed by atoms with Gasteiger partial charge in [0.15, 0.2) is 0 Å². The van der Waals surface area contributed by atoms with E-state index in [1.807, 2.05) is 24.3 Å². The number of pyridine rings is 1. The largest absolute Gasteiger partial charge is 0.319 e. The number of halogens is 1. The molecule has 0 spiro atoms. The average Bonchev–Trinajstić information content (AvgIpc) is 2.38. The summed E-state index contributed by atoms with van der Waals surface area (Å²) in [5, 5.41) is 0. The van der Waals surface area contributed by atoms with Crippen LogP contribution in [0, 0.1) is 5.82 Å². The molecular formula is C14H15FN2. The summed E-state index contributed by atoms with van der Waals surface area (Å²) in [7, 11) is 0. The highest BCUT2D eigenvalue weighted by atomic mass is 19.1. The summed E-state index contributed by atoms with van der Waals surface area (Å²) < 4.78 is 13.6. The van der Waals surface area contributed by atoms with Gasteiger partial charge in [-0.2, -0.15) is 0 Å². The van der Waals surface area contributed by atoms with E-state index in [1.165, 1.54) is 11.6 Å². The third-order valence-corrected chi connectivity index (χ3v) is 2.80. The Bertz CT molecular complexity index is 511. The molecule has 0 radical (unpaired) electrons. The van der Waals surface area contributed by atoms with Gasteiger partial charge in [0.1, 0.15) is 5.82 Å². The fourth-order valence-corrected chi connectivity index (χ4v) is 1.79. The van der Waals surface area contributed by atoms with Gasteiger partial charge in [0.25, 0.3) is 0 Å². The monoisotopic (exact) mass is 230 g/mol. The first-order valence-corrected chi connectivity index (χ1v) is 5.67. The Hall–Kier alpha value is -1.74. The van der Waals surface area contributed by atoms with Gasteiger partial charge in [0.05, 0.1) is 11.7 Å². The van der Waals surface area contributed by atoms with Gasteiger partial charge in [0.2, 0.25) is 0 Å². The van der Waals surface area contributed by atoms with Crippen LogP contribution in [0.15, 0.2) is 42.6 Å². The van der Waals surface area contributed by atoms with Crippen LogP contribution in [-0.2, 0) is 6.42 Å². The number of hydrogen-bond acceptors (Lipinski definition) is 2. The van der Waals surface area contributed by atoms with Crippen molar-refractivity contribution >= 4 is 0 Å². The molecule has 2 nitrogen and oxygen atoms in total. The summed E-state index contributed by atoms with van der Waals surface area (Å²) in [6.45, 7) is 2.08. The first-order valence-electron chi connectivity index (χ1n) is 5.67. The first kappa shape index (κ1) is 11.7. The van der Waals surface area contributed by atoms with Crippen LogP contribution in [0.3, 0.4) is 0 Å². The number of hydrogen-bond donors (Lipinski definition) is 1. The predicted octanol–water partition coefficient (Wildman–Crippen LogP) is 2.83. The van der Waals surface area contributed by atoms with Gasteiger partial charge < -0.3 is 5.73 Å². The molecule has 0 aliphatic rings. The third-order valence-electron chi connectivity index (χ3n) is 2.80. The highest BCUT2D eigenvalue weighted by molar-refractivity contribution is 5.31. The minimum Gasteiger partial charge on any atom is -0.319 e. The fourth-order valence-electron chi connectivity index (χ4n) is 1.79. The number of nitrogens with zero attached hydrogens (tertiary/aromatic N) is 1. The molecule has 0 saturated carbocycles. The van der Waals surface area contributed by atoms with Crippen molar-refractivity contribution in [3.63, 3.8) is 0 Å². The van der Waals surface area contributed by atoms with E-state index in [2.05, 4.69) is 11.9 Å². The molecule has 0 fully saturated rings. The Morgan fingerprint density at radius 1 is 1.29 bits per heavy atom. The molecule has 1 atom stereocenters. The number of nitrogens with two attached hydrogens (primary N) is 1. The SMILES string of the molecule is CCc1cccc(C(N)c2ncccc2F)c1. The number of aryl methyl sites for hydroxylation is 1. The first-order chi connectivity index (χ1) is 8.22. The van der Waals surface area contributed by atoms with E-state index in [-0.39, 0.29) is 5.82 Å². The van der Waals surface area contributed by atoms with Crippen LogP contribution in [0.4, 0.5) is 4.39 Å². The molecule has 88 valence electrons. The van der Waals surface area contributed by atoms with E-state index >= 15 is 0 Å². The van der Waals surface area contributed by atoms with Crippen molar-refractivity contribution in [3.8, 4) is 0 Å².